The van der Waals surface area contributed by atoms with Crippen LogP contribution in [0, 0.1) is 0 Å². The summed E-state index contributed by atoms with van der Waals surface area (Å²) in [6.07, 6.45) is 0. The SMILES string of the molecule is COc1ccc(CN(C)C(=O)c2nc(Cl)ccc2Cl)cc1. The van der Waals surface area contributed by atoms with E-state index in [4.69, 9.17) is 27.9 Å². The third-order valence-corrected chi connectivity index (χ3v) is 3.46. The van der Waals surface area contributed by atoms with Gasteiger partial charge in [0.25, 0.3) is 5.91 Å². The van der Waals surface area contributed by atoms with Crippen molar-refractivity contribution in [3.8, 4) is 5.75 Å². The number of methoxy groups -OCH3 is 1. The standard InChI is InChI=1S/C15H14Cl2N2O2/c1-19(9-10-3-5-11(21-2)6-4-10)15(20)14-12(16)7-8-13(17)18-14/h3-8H,9H2,1-2H3. The summed E-state index contributed by atoms with van der Waals surface area (Å²) >= 11 is 11.8. The van der Waals surface area contributed by atoms with Crippen molar-refractivity contribution < 1.29 is 9.53 Å². The van der Waals surface area contributed by atoms with Crippen molar-refractivity contribution in [1.82, 2.24) is 9.88 Å². The predicted octanol–water partition coefficient (Wildman–Crippen LogP) is 3.67. The summed E-state index contributed by atoms with van der Waals surface area (Å²) in [6.45, 7) is 0.438. The van der Waals surface area contributed by atoms with Gasteiger partial charge in [0.15, 0.2) is 0 Å². The second kappa shape index (κ2) is 6.78. The van der Waals surface area contributed by atoms with Crippen LogP contribution in [0.2, 0.25) is 10.2 Å². The highest BCUT2D eigenvalue weighted by Gasteiger charge is 2.17. The van der Waals surface area contributed by atoms with Crippen LogP contribution < -0.4 is 4.74 Å². The summed E-state index contributed by atoms with van der Waals surface area (Å²) in [7, 11) is 3.29. The molecule has 0 spiro atoms. The highest BCUT2D eigenvalue weighted by molar-refractivity contribution is 6.34. The molecule has 0 aliphatic carbocycles. The molecule has 0 unspecified atom stereocenters. The molecule has 2 rings (SSSR count). The van der Waals surface area contributed by atoms with Gasteiger partial charge in [0.05, 0.1) is 12.1 Å². The Hall–Kier alpha value is -1.78. The molecule has 6 heteroatoms. The molecule has 0 aliphatic rings. The molecular formula is C15H14Cl2N2O2. The molecule has 1 heterocycles. The van der Waals surface area contributed by atoms with Gasteiger partial charge < -0.3 is 9.64 Å². The first-order valence-corrected chi connectivity index (χ1v) is 6.97. The fourth-order valence-electron chi connectivity index (χ4n) is 1.83. The number of aromatic nitrogens is 1. The number of carbonyl (C=O) groups is 1. The number of hydrogen-bond donors (Lipinski definition) is 0. The highest BCUT2D eigenvalue weighted by Crippen LogP contribution is 2.19. The van der Waals surface area contributed by atoms with Gasteiger partial charge in [0, 0.05) is 13.6 Å². The number of carbonyl (C=O) groups excluding carboxylic acids is 1. The largest absolute Gasteiger partial charge is 0.497 e. The monoisotopic (exact) mass is 324 g/mol. The van der Waals surface area contributed by atoms with Crippen molar-refractivity contribution in [2.45, 2.75) is 6.54 Å². The molecular weight excluding hydrogens is 311 g/mol. The van der Waals surface area contributed by atoms with Crippen LogP contribution in [0.1, 0.15) is 16.1 Å². The molecule has 0 atom stereocenters. The molecule has 1 amide bonds. The van der Waals surface area contributed by atoms with Gasteiger partial charge in [-0.15, -0.1) is 0 Å². The van der Waals surface area contributed by atoms with E-state index in [2.05, 4.69) is 4.98 Å². The van der Waals surface area contributed by atoms with Crippen LogP contribution in [-0.4, -0.2) is 29.9 Å². The Morgan fingerprint density at radius 3 is 2.48 bits per heavy atom. The summed E-state index contributed by atoms with van der Waals surface area (Å²) < 4.78 is 5.10. The molecule has 2 aromatic rings. The molecule has 21 heavy (non-hydrogen) atoms. The second-order valence-electron chi connectivity index (χ2n) is 4.47. The minimum Gasteiger partial charge on any atom is -0.497 e. The predicted molar refractivity (Wildman–Crippen MR) is 83.0 cm³/mol. The number of benzene rings is 1. The maximum Gasteiger partial charge on any atom is 0.274 e. The van der Waals surface area contributed by atoms with Gasteiger partial charge in [0.1, 0.15) is 16.6 Å². The topological polar surface area (TPSA) is 42.4 Å². The van der Waals surface area contributed by atoms with E-state index in [0.29, 0.717) is 6.54 Å². The van der Waals surface area contributed by atoms with Crippen LogP contribution >= 0.6 is 23.2 Å². The Balaban J connectivity index is 2.13. The van der Waals surface area contributed by atoms with E-state index in [1.54, 1.807) is 26.3 Å². The third kappa shape index (κ3) is 3.86. The molecule has 0 radical (unpaired) electrons. The van der Waals surface area contributed by atoms with Crippen molar-refractivity contribution in [3.05, 3.63) is 57.8 Å². The molecule has 4 nitrogen and oxygen atoms in total. The van der Waals surface area contributed by atoms with E-state index >= 15 is 0 Å². The first-order valence-electron chi connectivity index (χ1n) is 6.21. The van der Waals surface area contributed by atoms with Crippen molar-refractivity contribution in [3.63, 3.8) is 0 Å². The molecule has 1 aromatic heterocycles. The van der Waals surface area contributed by atoms with Crippen molar-refractivity contribution in [1.29, 1.82) is 0 Å². The van der Waals surface area contributed by atoms with Crippen LogP contribution in [0.15, 0.2) is 36.4 Å². The molecule has 1 aromatic carbocycles. The summed E-state index contributed by atoms with van der Waals surface area (Å²) in [5, 5.41) is 0.520. The first-order chi connectivity index (χ1) is 10.0. The van der Waals surface area contributed by atoms with Gasteiger partial charge in [-0.05, 0) is 29.8 Å². The number of hydrogen-bond acceptors (Lipinski definition) is 3. The normalized spacial score (nSPS) is 10.3. The maximum atomic E-state index is 12.3. The van der Waals surface area contributed by atoms with Crippen molar-refractivity contribution in [2.75, 3.05) is 14.2 Å². The van der Waals surface area contributed by atoms with Gasteiger partial charge in [-0.1, -0.05) is 35.3 Å². The lowest BCUT2D eigenvalue weighted by atomic mass is 10.2. The fraction of sp³-hybridized carbons (Fsp3) is 0.200. The molecule has 0 N–H and O–H groups in total. The molecule has 0 saturated heterocycles. The van der Waals surface area contributed by atoms with Gasteiger partial charge >= 0.3 is 0 Å². The molecule has 0 bridgehead atoms. The summed E-state index contributed by atoms with van der Waals surface area (Å²) in [5.41, 5.74) is 1.13. The number of nitrogens with zero attached hydrogens (tertiary/aromatic N) is 2. The average Bonchev–Trinajstić information content (AvgIpc) is 2.49. The summed E-state index contributed by atoms with van der Waals surface area (Å²) in [5.74, 6) is 0.491. The van der Waals surface area contributed by atoms with Crippen LogP contribution in [0.5, 0.6) is 5.75 Å². The zero-order chi connectivity index (χ0) is 15.4. The number of amides is 1. The molecule has 0 fully saturated rings. The first kappa shape index (κ1) is 15.6. The lowest BCUT2D eigenvalue weighted by Crippen LogP contribution is -2.27. The van der Waals surface area contributed by atoms with Crippen LogP contribution in [-0.2, 0) is 6.54 Å². The Morgan fingerprint density at radius 2 is 1.86 bits per heavy atom. The lowest BCUT2D eigenvalue weighted by molar-refractivity contribution is 0.0779. The van der Waals surface area contributed by atoms with Crippen molar-refractivity contribution in [2.24, 2.45) is 0 Å². The summed E-state index contributed by atoms with van der Waals surface area (Å²) in [6, 6.07) is 10.6. The third-order valence-electron chi connectivity index (χ3n) is 2.94. The van der Waals surface area contributed by atoms with Gasteiger partial charge in [-0.3, -0.25) is 4.79 Å². The fourth-order valence-corrected chi connectivity index (χ4v) is 2.16. The maximum absolute atomic E-state index is 12.3. The second-order valence-corrected chi connectivity index (χ2v) is 5.27. The van der Waals surface area contributed by atoms with Crippen LogP contribution in [0.3, 0.4) is 0 Å². The number of ether oxygens (including phenoxy) is 1. The molecule has 0 saturated carbocycles. The number of pyridine rings is 1. The zero-order valence-electron chi connectivity index (χ0n) is 11.6. The van der Waals surface area contributed by atoms with E-state index < -0.39 is 0 Å². The Morgan fingerprint density at radius 1 is 1.19 bits per heavy atom. The minimum atomic E-state index is -0.279. The van der Waals surface area contributed by atoms with E-state index in [1.165, 1.54) is 4.90 Å². The van der Waals surface area contributed by atoms with E-state index in [-0.39, 0.29) is 21.8 Å². The van der Waals surface area contributed by atoms with Gasteiger partial charge in [0.2, 0.25) is 0 Å². The number of rotatable bonds is 4. The summed E-state index contributed by atoms with van der Waals surface area (Å²) in [4.78, 5) is 17.9. The van der Waals surface area contributed by atoms with Crippen molar-refractivity contribution >= 4 is 29.1 Å². The molecule has 110 valence electrons. The number of halogens is 2. The average molecular weight is 325 g/mol. The Labute approximate surface area is 133 Å². The quantitative estimate of drug-likeness (QED) is 0.806. The van der Waals surface area contributed by atoms with Gasteiger partial charge in [-0.25, -0.2) is 4.98 Å². The van der Waals surface area contributed by atoms with Crippen LogP contribution in [0.4, 0.5) is 0 Å². The highest BCUT2D eigenvalue weighted by atomic mass is 35.5. The molecule has 0 aliphatic heterocycles. The Kier molecular flexibility index (Phi) is 5.04. The minimum absolute atomic E-state index is 0.153. The van der Waals surface area contributed by atoms with E-state index in [0.717, 1.165) is 11.3 Å². The lowest BCUT2D eigenvalue weighted by Gasteiger charge is -2.17. The van der Waals surface area contributed by atoms with E-state index in [9.17, 15) is 4.79 Å². The zero-order valence-corrected chi connectivity index (χ0v) is 13.1. The van der Waals surface area contributed by atoms with Crippen LogP contribution in [0.25, 0.3) is 0 Å². The van der Waals surface area contributed by atoms with Gasteiger partial charge in [-0.2, -0.15) is 0 Å². The van der Waals surface area contributed by atoms with E-state index in [1.807, 2.05) is 24.3 Å². The smallest absolute Gasteiger partial charge is 0.274 e. The Bertz CT molecular complexity index is 645.